The van der Waals surface area contributed by atoms with Gasteiger partial charge in [-0.3, -0.25) is 15.1 Å². The number of carbonyl (C=O) groups excluding carboxylic acids is 1. The molecule has 0 aliphatic heterocycles. The zero-order chi connectivity index (χ0) is 26.4. The van der Waals surface area contributed by atoms with E-state index in [1.54, 1.807) is 31.5 Å². The Bertz CT molecular complexity index is 1860. The number of rotatable bonds is 5. The number of aryl methyl sites for hydroxylation is 2. The smallest absolute Gasteiger partial charge is 0.259 e. The average molecular weight is 542 g/mol. The average Bonchev–Trinajstić information content (AvgIpc) is 3.50. The summed E-state index contributed by atoms with van der Waals surface area (Å²) in [5.74, 6) is 1.14. The van der Waals surface area contributed by atoms with Crippen LogP contribution in [0.15, 0.2) is 61.2 Å². The number of fused-ring (bicyclic) bond motifs is 2. The Morgan fingerprint density at radius 3 is 2.71 bits per heavy atom. The number of nitrogens with one attached hydrogen (secondary N) is 1. The number of carbonyl (C=O) groups is 1. The quantitative estimate of drug-likeness (QED) is 0.285. The molecule has 0 spiro atoms. The number of thiazole rings is 1. The molecule has 5 heterocycles. The Morgan fingerprint density at radius 1 is 1.00 bits per heavy atom. The number of ether oxygens (including phenoxy) is 1. The summed E-state index contributed by atoms with van der Waals surface area (Å²) in [6, 6.07) is 11.1. The zero-order valence-corrected chi connectivity index (χ0v) is 22.1. The lowest BCUT2D eigenvalue weighted by atomic mass is 9.99. The van der Waals surface area contributed by atoms with Crippen LogP contribution in [0.4, 0.5) is 5.13 Å². The Kier molecular flexibility index (Phi) is 5.97. The first kappa shape index (κ1) is 24.0. The topological polar surface area (TPSA) is 107 Å². The highest BCUT2D eigenvalue weighted by molar-refractivity contribution is 7.21. The van der Waals surface area contributed by atoms with E-state index < -0.39 is 0 Å². The van der Waals surface area contributed by atoms with Gasteiger partial charge in [-0.15, -0.1) is 0 Å². The van der Waals surface area contributed by atoms with E-state index in [-0.39, 0.29) is 5.91 Å². The molecule has 1 amide bonds. The minimum absolute atomic E-state index is 0.362. The van der Waals surface area contributed by atoms with Crippen LogP contribution < -0.4 is 10.1 Å². The third kappa shape index (κ3) is 4.33. The summed E-state index contributed by atoms with van der Waals surface area (Å²) in [6.45, 7) is 3.81. The SMILES string of the molecule is COc1ccc(Cl)cc1-c1cc(C)ncc1C(=O)Nc1nc2ncc(-c3ccn4c(C)ncc4c3)nc2s1. The second kappa shape index (κ2) is 9.47. The lowest BCUT2D eigenvalue weighted by Crippen LogP contribution is -2.14. The molecule has 1 aromatic carbocycles. The fourth-order valence-corrected chi connectivity index (χ4v) is 5.19. The van der Waals surface area contributed by atoms with Crippen LogP contribution in [0.1, 0.15) is 21.9 Å². The van der Waals surface area contributed by atoms with Gasteiger partial charge >= 0.3 is 0 Å². The van der Waals surface area contributed by atoms with E-state index in [4.69, 9.17) is 21.3 Å². The Morgan fingerprint density at radius 2 is 1.87 bits per heavy atom. The summed E-state index contributed by atoms with van der Waals surface area (Å²) in [6.07, 6.45) is 6.99. The molecule has 5 aromatic heterocycles. The molecular weight excluding hydrogens is 522 g/mol. The number of methoxy groups -OCH3 is 1. The number of hydrogen-bond donors (Lipinski definition) is 1. The molecule has 9 nitrogen and oxygen atoms in total. The predicted molar refractivity (Wildman–Crippen MR) is 148 cm³/mol. The number of aromatic nitrogens is 6. The Balaban J connectivity index is 1.32. The maximum atomic E-state index is 13.4. The molecule has 0 saturated heterocycles. The van der Waals surface area contributed by atoms with Gasteiger partial charge in [0.15, 0.2) is 15.6 Å². The number of halogens is 1. The van der Waals surface area contributed by atoms with Gasteiger partial charge < -0.3 is 9.14 Å². The second-order valence-corrected chi connectivity index (χ2v) is 10.0. The van der Waals surface area contributed by atoms with Crippen molar-refractivity contribution in [1.82, 2.24) is 29.3 Å². The fourth-order valence-electron chi connectivity index (χ4n) is 4.23. The molecule has 0 saturated carbocycles. The van der Waals surface area contributed by atoms with Crippen LogP contribution in [-0.4, -0.2) is 42.3 Å². The molecule has 0 radical (unpaired) electrons. The van der Waals surface area contributed by atoms with E-state index in [2.05, 4.69) is 25.3 Å². The molecule has 188 valence electrons. The standard InChI is InChI=1S/C27H20ClN7O2S/c1-14-8-19(20-10-17(28)4-5-23(20)37-3)21(12-29-14)25(36)34-27-33-24-26(38-27)32-22(13-31-24)16-6-7-35-15(2)30-11-18(35)9-16/h4-13H,1-3H3,(H,31,33,34,36). The van der Waals surface area contributed by atoms with Crippen LogP contribution >= 0.6 is 22.9 Å². The molecule has 0 atom stereocenters. The first-order valence-electron chi connectivity index (χ1n) is 11.6. The number of hydrogen-bond acceptors (Lipinski definition) is 8. The first-order chi connectivity index (χ1) is 18.4. The maximum absolute atomic E-state index is 13.4. The molecule has 0 unspecified atom stereocenters. The first-order valence-corrected chi connectivity index (χ1v) is 12.8. The van der Waals surface area contributed by atoms with Crippen molar-refractivity contribution in [3.8, 4) is 28.1 Å². The third-order valence-electron chi connectivity index (χ3n) is 6.09. The van der Waals surface area contributed by atoms with Crippen LogP contribution in [0.5, 0.6) is 5.75 Å². The van der Waals surface area contributed by atoms with Gasteiger partial charge in [-0.25, -0.2) is 15.0 Å². The summed E-state index contributed by atoms with van der Waals surface area (Å²) in [5, 5.41) is 3.79. The highest BCUT2D eigenvalue weighted by Gasteiger charge is 2.19. The van der Waals surface area contributed by atoms with Crippen LogP contribution in [-0.2, 0) is 0 Å². The van der Waals surface area contributed by atoms with Crippen LogP contribution in [0, 0.1) is 13.8 Å². The zero-order valence-electron chi connectivity index (χ0n) is 20.6. The Labute approximate surface area is 226 Å². The van der Waals surface area contributed by atoms with Gasteiger partial charge in [0.25, 0.3) is 5.91 Å². The molecule has 38 heavy (non-hydrogen) atoms. The summed E-state index contributed by atoms with van der Waals surface area (Å²) in [4.78, 5) is 36.4. The van der Waals surface area contributed by atoms with Crippen LogP contribution in [0.3, 0.4) is 0 Å². The largest absolute Gasteiger partial charge is 0.496 e. The number of pyridine rings is 2. The number of imidazole rings is 1. The van der Waals surface area contributed by atoms with E-state index in [1.807, 2.05) is 48.8 Å². The van der Waals surface area contributed by atoms with Gasteiger partial charge in [0.05, 0.1) is 36.3 Å². The van der Waals surface area contributed by atoms with E-state index in [0.717, 1.165) is 22.6 Å². The van der Waals surface area contributed by atoms with E-state index >= 15 is 0 Å². The van der Waals surface area contributed by atoms with E-state index in [9.17, 15) is 4.79 Å². The molecular formula is C27H20ClN7O2S. The van der Waals surface area contributed by atoms with Crippen molar-refractivity contribution >= 4 is 50.0 Å². The number of amides is 1. The van der Waals surface area contributed by atoms with Crippen LogP contribution in [0.25, 0.3) is 38.4 Å². The molecule has 6 rings (SSSR count). The minimum Gasteiger partial charge on any atom is -0.496 e. The molecule has 0 bridgehead atoms. The molecule has 6 aromatic rings. The highest BCUT2D eigenvalue weighted by atomic mass is 35.5. The van der Waals surface area contributed by atoms with Crippen molar-refractivity contribution in [3.63, 3.8) is 0 Å². The number of nitrogens with zero attached hydrogens (tertiary/aromatic N) is 6. The summed E-state index contributed by atoms with van der Waals surface area (Å²) in [5.41, 5.74) is 5.50. The van der Waals surface area contributed by atoms with Gasteiger partial charge in [-0.1, -0.05) is 22.9 Å². The van der Waals surface area contributed by atoms with Gasteiger partial charge in [0.2, 0.25) is 0 Å². The highest BCUT2D eigenvalue weighted by Crippen LogP contribution is 2.35. The predicted octanol–water partition coefficient (Wildman–Crippen LogP) is 5.99. The molecule has 1 N–H and O–H groups in total. The van der Waals surface area contributed by atoms with Gasteiger partial charge in [0.1, 0.15) is 11.6 Å². The van der Waals surface area contributed by atoms with E-state index in [1.165, 1.54) is 17.5 Å². The second-order valence-electron chi connectivity index (χ2n) is 8.59. The summed E-state index contributed by atoms with van der Waals surface area (Å²) >= 11 is 7.51. The van der Waals surface area contributed by atoms with Crippen molar-refractivity contribution in [3.05, 3.63) is 83.3 Å². The Hall–Kier alpha value is -4.41. The van der Waals surface area contributed by atoms with Crippen molar-refractivity contribution < 1.29 is 9.53 Å². The van der Waals surface area contributed by atoms with Crippen LogP contribution in [0.2, 0.25) is 5.02 Å². The van der Waals surface area contributed by atoms with Gasteiger partial charge in [-0.05, 0) is 50.2 Å². The minimum atomic E-state index is -0.365. The van der Waals surface area contributed by atoms with Gasteiger partial charge in [0, 0.05) is 39.8 Å². The monoisotopic (exact) mass is 541 g/mol. The third-order valence-corrected chi connectivity index (χ3v) is 7.18. The van der Waals surface area contributed by atoms with Crippen molar-refractivity contribution in [2.45, 2.75) is 13.8 Å². The summed E-state index contributed by atoms with van der Waals surface area (Å²) < 4.78 is 7.52. The van der Waals surface area contributed by atoms with Crippen molar-refractivity contribution in [1.29, 1.82) is 0 Å². The van der Waals surface area contributed by atoms with Crippen molar-refractivity contribution in [2.75, 3.05) is 12.4 Å². The summed E-state index contributed by atoms with van der Waals surface area (Å²) in [7, 11) is 1.57. The lowest BCUT2D eigenvalue weighted by Gasteiger charge is -2.13. The molecule has 11 heteroatoms. The lowest BCUT2D eigenvalue weighted by molar-refractivity contribution is 0.102. The molecule has 0 aliphatic carbocycles. The fraction of sp³-hybridized carbons (Fsp3) is 0.111. The van der Waals surface area contributed by atoms with Gasteiger partial charge in [-0.2, -0.15) is 4.98 Å². The molecule has 0 fully saturated rings. The number of anilines is 1. The number of benzene rings is 1. The normalized spacial score (nSPS) is 11.3. The van der Waals surface area contributed by atoms with Crippen molar-refractivity contribution in [2.24, 2.45) is 0 Å². The maximum Gasteiger partial charge on any atom is 0.259 e. The molecule has 0 aliphatic rings. The van der Waals surface area contributed by atoms with E-state index in [0.29, 0.717) is 48.8 Å².